The van der Waals surface area contributed by atoms with Crippen LogP contribution in [0.2, 0.25) is 10.0 Å². The van der Waals surface area contributed by atoms with E-state index < -0.39 is 28.5 Å². The Morgan fingerprint density at radius 2 is 1.64 bits per heavy atom. The molecule has 42 heavy (non-hydrogen) atoms. The molecule has 0 saturated carbocycles. The summed E-state index contributed by atoms with van der Waals surface area (Å²) in [6, 6.07) is 16.7. The van der Waals surface area contributed by atoms with Crippen molar-refractivity contribution in [3.8, 4) is 11.5 Å². The van der Waals surface area contributed by atoms with Crippen molar-refractivity contribution in [3.05, 3.63) is 82.3 Å². The van der Waals surface area contributed by atoms with E-state index in [-0.39, 0.29) is 23.0 Å². The minimum absolute atomic E-state index is 0.00807. The molecule has 224 valence electrons. The third-order valence-electron chi connectivity index (χ3n) is 6.70. The number of ether oxygens (including phenoxy) is 2. The van der Waals surface area contributed by atoms with E-state index in [0.717, 1.165) is 10.7 Å². The van der Waals surface area contributed by atoms with E-state index in [1.807, 2.05) is 6.92 Å². The van der Waals surface area contributed by atoms with Crippen LogP contribution in [0.1, 0.15) is 32.3 Å². The number of amides is 2. The van der Waals surface area contributed by atoms with E-state index in [4.69, 9.17) is 32.7 Å². The van der Waals surface area contributed by atoms with Gasteiger partial charge in [0, 0.05) is 19.2 Å². The second kappa shape index (κ2) is 14.1. The average molecular weight is 635 g/mol. The van der Waals surface area contributed by atoms with Crippen LogP contribution in [-0.4, -0.2) is 57.5 Å². The molecule has 0 bridgehead atoms. The Kier molecular flexibility index (Phi) is 10.6. The van der Waals surface area contributed by atoms with Gasteiger partial charge in [-0.1, -0.05) is 61.3 Å². The summed E-state index contributed by atoms with van der Waals surface area (Å²) in [6.07, 6.45) is 1.02. The van der Waals surface area contributed by atoms with Gasteiger partial charge < -0.3 is 19.7 Å². The molecule has 1 unspecified atom stereocenters. The Morgan fingerprint density at radius 1 is 0.929 bits per heavy atom. The van der Waals surface area contributed by atoms with Gasteiger partial charge in [-0.05, 0) is 54.8 Å². The van der Waals surface area contributed by atoms with Gasteiger partial charge in [-0.3, -0.25) is 13.9 Å². The predicted molar refractivity (Wildman–Crippen MR) is 163 cm³/mol. The summed E-state index contributed by atoms with van der Waals surface area (Å²) in [5, 5.41) is 3.51. The zero-order chi connectivity index (χ0) is 30.3. The van der Waals surface area contributed by atoms with E-state index >= 15 is 0 Å². The van der Waals surface area contributed by atoms with Crippen LogP contribution < -0.4 is 19.1 Å². The molecule has 1 aliphatic rings. The summed E-state index contributed by atoms with van der Waals surface area (Å²) in [5.41, 5.74) is 0.853. The molecule has 4 rings (SSSR count). The molecule has 0 spiro atoms. The van der Waals surface area contributed by atoms with Gasteiger partial charge in [-0.25, -0.2) is 8.42 Å². The van der Waals surface area contributed by atoms with Gasteiger partial charge in [0.15, 0.2) is 11.5 Å². The van der Waals surface area contributed by atoms with E-state index in [1.54, 1.807) is 55.5 Å². The highest BCUT2D eigenvalue weighted by Crippen LogP contribution is 2.36. The van der Waals surface area contributed by atoms with Gasteiger partial charge in [0.25, 0.3) is 10.0 Å². The van der Waals surface area contributed by atoms with Crippen LogP contribution in [-0.2, 0) is 26.2 Å². The largest absolute Gasteiger partial charge is 0.486 e. The van der Waals surface area contributed by atoms with Gasteiger partial charge in [-0.15, -0.1) is 0 Å². The van der Waals surface area contributed by atoms with Gasteiger partial charge in [0.1, 0.15) is 25.8 Å². The first kappa shape index (κ1) is 31.5. The Bertz CT molecular complexity index is 1520. The highest BCUT2D eigenvalue weighted by Gasteiger charge is 2.34. The maximum atomic E-state index is 14.2. The third-order valence-corrected chi connectivity index (χ3v) is 9.22. The minimum atomic E-state index is -4.21. The minimum Gasteiger partial charge on any atom is -0.486 e. The predicted octanol–water partition coefficient (Wildman–Crippen LogP) is 5.29. The number of anilines is 1. The van der Waals surface area contributed by atoms with Crippen LogP contribution in [0, 0.1) is 0 Å². The summed E-state index contributed by atoms with van der Waals surface area (Å²) in [5.74, 6) is -0.0516. The molecule has 12 heteroatoms. The van der Waals surface area contributed by atoms with Crippen molar-refractivity contribution in [2.75, 3.05) is 30.6 Å². The lowest BCUT2D eigenvalue weighted by molar-refractivity contribution is -0.140. The van der Waals surface area contributed by atoms with Crippen LogP contribution in [0.5, 0.6) is 11.5 Å². The van der Waals surface area contributed by atoms with Crippen molar-refractivity contribution in [2.24, 2.45) is 0 Å². The standard InChI is InChI=1S/C30H33Cl2N3O6S/c1-3-14-33-30(37)26(4-2)34(19-21-10-12-24(31)25(32)17-21)29(36)20-35(42(38,39)23-8-6-5-7-9-23)22-11-13-27-28(18-22)41-16-15-40-27/h5-13,17-18,26H,3-4,14-16,19-20H2,1-2H3,(H,33,37). The van der Waals surface area contributed by atoms with Crippen LogP contribution in [0.25, 0.3) is 0 Å². The molecule has 1 N–H and O–H groups in total. The number of hydrogen-bond acceptors (Lipinski definition) is 6. The number of carbonyl (C=O) groups excluding carboxylic acids is 2. The quantitative estimate of drug-likeness (QED) is 0.290. The molecule has 1 aliphatic heterocycles. The lowest BCUT2D eigenvalue weighted by Crippen LogP contribution is -2.52. The van der Waals surface area contributed by atoms with Crippen molar-refractivity contribution in [3.63, 3.8) is 0 Å². The highest BCUT2D eigenvalue weighted by atomic mass is 35.5. The van der Waals surface area contributed by atoms with Gasteiger partial charge in [-0.2, -0.15) is 0 Å². The molecule has 0 aromatic heterocycles. The summed E-state index contributed by atoms with van der Waals surface area (Å²) in [7, 11) is -4.21. The fourth-order valence-corrected chi connectivity index (χ4v) is 6.30. The van der Waals surface area contributed by atoms with Gasteiger partial charge in [0.2, 0.25) is 11.8 Å². The molecule has 0 saturated heterocycles. The Labute approximate surface area is 256 Å². The third kappa shape index (κ3) is 7.29. The number of sulfonamides is 1. The first-order valence-electron chi connectivity index (χ1n) is 13.6. The first-order valence-corrected chi connectivity index (χ1v) is 15.8. The van der Waals surface area contributed by atoms with Crippen LogP contribution in [0.3, 0.4) is 0 Å². The number of carbonyl (C=O) groups is 2. The fraction of sp³-hybridized carbons (Fsp3) is 0.333. The second-order valence-electron chi connectivity index (χ2n) is 9.64. The van der Waals surface area contributed by atoms with Crippen molar-refractivity contribution in [2.45, 2.75) is 44.2 Å². The second-order valence-corrected chi connectivity index (χ2v) is 12.3. The number of halogens is 2. The Hall–Kier alpha value is -3.47. The monoisotopic (exact) mass is 633 g/mol. The number of nitrogens with zero attached hydrogens (tertiary/aromatic N) is 2. The number of nitrogens with one attached hydrogen (secondary N) is 1. The molecule has 1 heterocycles. The maximum Gasteiger partial charge on any atom is 0.264 e. The summed E-state index contributed by atoms with van der Waals surface area (Å²) in [4.78, 5) is 28.8. The molecular formula is C30H33Cl2N3O6S. The van der Waals surface area contributed by atoms with E-state index in [0.29, 0.717) is 53.3 Å². The molecule has 3 aromatic rings. The maximum absolute atomic E-state index is 14.2. The van der Waals surface area contributed by atoms with Crippen molar-refractivity contribution in [1.29, 1.82) is 0 Å². The lowest BCUT2D eigenvalue weighted by atomic mass is 10.1. The zero-order valence-electron chi connectivity index (χ0n) is 23.4. The fourth-order valence-electron chi connectivity index (χ4n) is 4.56. The van der Waals surface area contributed by atoms with E-state index in [2.05, 4.69) is 5.32 Å². The van der Waals surface area contributed by atoms with Crippen molar-refractivity contribution >= 4 is 50.7 Å². The van der Waals surface area contributed by atoms with Crippen LogP contribution in [0.4, 0.5) is 5.69 Å². The van der Waals surface area contributed by atoms with E-state index in [1.165, 1.54) is 23.1 Å². The summed E-state index contributed by atoms with van der Waals surface area (Å²) >= 11 is 12.4. The normalized spacial score (nSPS) is 13.2. The zero-order valence-corrected chi connectivity index (χ0v) is 25.7. The average Bonchev–Trinajstić information content (AvgIpc) is 3.00. The Balaban J connectivity index is 1.75. The first-order chi connectivity index (χ1) is 20.1. The number of fused-ring (bicyclic) bond motifs is 1. The smallest absolute Gasteiger partial charge is 0.264 e. The molecule has 9 nitrogen and oxygen atoms in total. The van der Waals surface area contributed by atoms with Crippen LogP contribution >= 0.6 is 23.2 Å². The molecular weight excluding hydrogens is 601 g/mol. The van der Waals surface area contributed by atoms with Gasteiger partial charge >= 0.3 is 0 Å². The molecule has 2 amide bonds. The number of rotatable bonds is 12. The Morgan fingerprint density at radius 3 is 2.31 bits per heavy atom. The molecule has 1 atom stereocenters. The number of benzene rings is 3. The topological polar surface area (TPSA) is 105 Å². The van der Waals surface area contributed by atoms with Crippen molar-refractivity contribution < 1.29 is 27.5 Å². The number of hydrogen-bond donors (Lipinski definition) is 1. The molecule has 0 aliphatic carbocycles. The SMILES string of the molecule is CCCNC(=O)C(CC)N(Cc1ccc(Cl)c(Cl)c1)C(=O)CN(c1ccc2c(c1)OCCO2)S(=O)(=O)c1ccccc1. The van der Waals surface area contributed by atoms with Crippen molar-refractivity contribution in [1.82, 2.24) is 10.2 Å². The molecule has 3 aromatic carbocycles. The highest BCUT2D eigenvalue weighted by molar-refractivity contribution is 7.92. The summed E-state index contributed by atoms with van der Waals surface area (Å²) in [6.45, 7) is 4.28. The van der Waals surface area contributed by atoms with Crippen LogP contribution in [0.15, 0.2) is 71.6 Å². The molecule has 0 radical (unpaired) electrons. The van der Waals surface area contributed by atoms with Gasteiger partial charge in [0.05, 0.1) is 20.6 Å². The molecule has 0 fully saturated rings. The summed E-state index contributed by atoms with van der Waals surface area (Å²) < 4.78 is 40.3. The van der Waals surface area contributed by atoms with E-state index in [9.17, 15) is 18.0 Å². The lowest BCUT2D eigenvalue weighted by Gasteiger charge is -2.33.